The Morgan fingerprint density at radius 3 is 2.67 bits per heavy atom. The van der Waals surface area contributed by atoms with E-state index in [1.165, 1.54) is 0 Å². The van der Waals surface area contributed by atoms with Crippen molar-refractivity contribution in [2.75, 3.05) is 7.11 Å². The predicted octanol–water partition coefficient (Wildman–Crippen LogP) is 4.19. The smallest absolute Gasteiger partial charge is 0.162 e. The molecule has 1 aromatic heterocycles. The molecule has 0 amide bonds. The number of alkyl halides is 1. The van der Waals surface area contributed by atoms with Gasteiger partial charge in [-0.2, -0.15) is 5.10 Å². The van der Waals surface area contributed by atoms with Crippen molar-refractivity contribution in [3.05, 3.63) is 40.2 Å². The zero-order valence-corrected chi connectivity index (χ0v) is 13.8. The van der Waals surface area contributed by atoms with Crippen LogP contribution in [-0.2, 0) is 19.0 Å². The highest BCUT2D eigenvalue weighted by atomic mass is 35.5. The molecule has 0 N–H and O–H groups in total. The summed E-state index contributed by atoms with van der Waals surface area (Å²) in [5.74, 6) is 1.74. The number of hydrogen-bond donors (Lipinski definition) is 0. The molecule has 0 unspecified atom stereocenters. The van der Waals surface area contributed by atoms with E-state index in [-0.39, 0.29) is 0 Å². The fourth-order valence-corrected chi connectivity index (χ4v) is 2.43. The molecule has 0 aliphatic carbocycles. The van der Waals surface area contributed by atoms with Gasteiger partial charge in [-0.1, -0.05) is 17.7 Å². The van der Waals surface area contributed by atoms with Gasteiger partial charge in [0.25, 0.3) is 0 Å². The summed E-state index contributed by atoms with van der Waals surface area (Å²) in [6.45, 7) is 4.97. The van der Waals surface area contributed by atoms with Crippen LogP contribution in [0, 0.1) is 6.92 Å². The summed E-state index contributed by atoms with van der Waals surface area (Å²) >= 11 is 12.1. The molecule has 0 atom stereocenters. The van der Waals surface area contributed by atoms with E-state index in [9.17, 15) is 0 Å². The maximum absolute atomic E-state index is 6.28. The van der Waals surface area contributed by atoms with Crippen LogP contribution in [0.2, 0.25) is 5.02 Å². The summed E-state index contributed by atoms with van der Waals surface area (Å²) < 4.78 is 13.0. The average Bonchev–Trinajstić information content (AvgIpc) is 2.79. The zero-order chi connectivity index (χ0) is 15.4. The van der Waals surface area contributed by atoms with E-state index in [2.05, 4.69) is 5.10 Å². The van der Waals surface area contributed by atoms with E-state index in [0.29, 0.717) is 29.0 Å². The average molecular weight is 329 g/mol. The quantitative estimate of drug-likeness (QED) is 0.746. The van der Waals surface area contributed by atoms with Crippen LogP contribution in [0.3, 0.4) is 0 Å². The molecule has 2 rings (SSSR count). The van der Waals surface area contributed by atoms with Gasteiger partial charge in [0.1, 0.15) is 6.61 Å². The minimum atomic E-state index is 0.329. The molecule has 114 valence electrons. The number of halogens is 2. The molecule has 2 aromatic rings. The molecular weight excluding hydrogens is 311 g/mol. The van der Waals surface area contributed by atoms with Gasteiger partial charge in [-0.15, -0.1) is 11.6 Å². The minimum Gasteiger partial charge on any atom is -0.493 e. The fourth-order valence-electron chi connectivity index (χ4n) is 2.07. The van der Waals surface area contributed by atoms with Gasteiger partial charge in [0, 0.05) is 12.4 Å². The number of rotatable bonds is 6. The number of hydrogen-bond acceptors (Lipinski definition) is 3. The number of aryl methyl sites for hydroxylation is 2. The van der Waals surface area contributed by atoms with Crippen LogP contribution in [0.5, 0.6) is 11.5 Å². The van der Waals surface area contributed by atoms with Crippen molar-refractivity contribution in [1.29, 1.82) is 0 Å². The first kappa shape index (κ1) is 16.0. The maximum Gasteiger partial charge on any atom is 0.162 e. The number of methoxy groups -OCH3 is 1. The van der Waals surface area contributed by atoms with Crippen molar-refractivity contribution in [2.45, 2.75) is 32.9 Å². The molecule has 0 saturated carbocycles. The van der Waals surface area contributed by atoms with E-state index in [1.54, 1.807) is 7.11 Å². The van der Waals surface area contributed by atoms with Crippen LogP contribution in [0.15, 0.2) is 18.2 Å². The van der Waals surface area contributed by atoms with Crippen LogP contribution < -0.4 is 9.47 Å². The fraction of sp³-hybridized carbons (Fsp3) is 0.400. The van der Waals surface area contributed by atoms with E-state index in [4.69, 9.17) is 32.7 Å². The first-order valence-corrected chi connectivity index (χ1v) is 7.59. The summed E-state index contributed by atoms with van der Waals surface area (Å²) in [6, 6.07) is 5.63. The molecule has 6 heteroatoms. The van der Waals surface area contributed by atoms with Crippen molar-refractivity contribution >= 4 is 23.2 Å². The Kier molecular flexibility index (Phi) is 5.37. The van der Waals surface area contributed by atoms with Crippen molar-refractivity contribution < 1.29 is 9.47 Å². The monoisotopic (exact) mass is 328 g/mol. The van der Waals surface area contributed by atoms with Gasteiger partial charge >= 0.3 is 0 Å². The Labute approximate surface area is 134 Å². The standard InChI is InChI=1S/C15H18Cl2N2O2/c1-4-19-12(15(17)10(2)18-19)9-21-14-7-11(8-16)5-6-13(14)20-3/h5-7H,4,8-9H2,1-3H3. The number of benzene rings is 1. The number of aromatic nitrogens is 2. The Hall–Kier alpha value is -1.39. The summed E-state index contributed by atoms with van der Waals surface area (Å²) in [4.78, 5) is 0. The van der Waals surface area contributed by atoms with E-state index in [1.807, 2.05) is 36.7 Å². The van der Waals surface area contributed by atoms with E-state index >= 15 is 0 Å². The number of ether oxygens (including phenoxy) is 2. The number of nitrogens with zero attached hydrogens (tertiary/aromatic N) is 2. The predicted molar refractivity (Wildman–Crippen MR) is 84.5 cm³/mol. The molecule has 0 fully saturated rings. The molecule has 1 heterocycles. The molecule has 1 aromatic carbocycles. The van der Waals surface area contributed by atoms with E-state index < -0.39 is 0 Å². The molecular formula is C15H18Cl2N2O2. The van der Waals surface area contributed by atoms with Crippen LogP contribution in [0.25, 0.3) is 0 Å². The van der Waals surface area contributed by atoms with Crippen molar-refractivity contribution in [1.82, 2.24) is 9.78 Å². The Morgan fingerprint density at radius 1 is 1.29 bits per heavy atom. The highest BCUT2D eigenvalue weighted by Crippen LogP contribution is 2.30. The van der Waals surface area contributed by atoms with Gasteiger partial charge in [0.15, 0.2) is 11.5 Å². The first-order valence-electron chi connectivity index (χ1n) is 6.68. The highest BCUT2D eigenvalue weighted by Gasteiger charge is 2.14. The van der Waals surface area contributed by atoms with Crippen molar-refractivity contribution in [3.8, 4) is 11.5 Å². The third-order valence-electron chi connectivity index (χ3n) is 3.20. The summed E-state index contributed by atoms with van der Waals surface area (Å²) in [7, 11) is 1.61. The summed E-state index contributed by atoms with van der Waals surface area (Å²) in [6.07, 6.45) is 0. The second kappa shape index (κ2) is 7.05. The van der Waals surface area contributed by atoms with Gasteiger partial charge in [-0.3, -0.25) is 4.68 Å². The minimum absolute atomic E-state index is 0.329. The molecule has 4 nitrogen and oxygen atoms in total. The van der Waals surface area contributed by atoms with Crippen LogP contribution >= 0.6 is 23.2 Å². The van der Waals surface area contributed by atoms with Crippen LogP contribution in [-0.4, -0.2) is 16.9 Å². The second-order valence-electron chi connectivity index (χ2n) is 4.57. The topological polar surface area (TPSA) is 36.3 Å². The van der Waals surface area contributed by atoms with Gasteiger partial charge in [-0.25, -0.2) is 0 Å². The molecule has 0 aliphatic rings. The van der Waals surface area contributed by atoms with Gasteiger partial charge in [-0.05, 0) is 31.5 Å². The SMILES string of the molecule is CCn1nc(C)c(Cl)c1COc1cc(CCl)ccc1OC. The third-order valence-corrected chi connectivity index (χ3v) is 4.00. The van der Waals surface area contributed by atoms with E-state index in [0.717, 1.165) is 23.5 Å². The van der Waals surface area contributed by atoms with Crippen molar-refractivity contribution in [2.24, 2.45) is 0 Å². The van der Waals surface area contributed by atoms with Gasteiger partial charge in [0.2, 0.25) is 0 Å². The normalized spacial score (nSPS) is 10.7. The van der Waals surface area contributed by atoms with Crippen molar-refractivity contribution in [3.63, 3.8) is 0 Å². The Morgan fingerprint density at radius 2 is 2.05 bits per heavy atom. The Balaban J connectivity index is 2.23. The lowest BCUT2D eigenvalue weighted by molar-refractivity contribution is 0.274. The van der Waals surface area contributed by atoms with Crippen LogP contribution in [0.4, 0.5) is 0 Å². The Bertz CT molecular complexity index is 626. The molecule has 0 aliphatic heterocycles. The summed E-state index contributed by atoms with van der Waals surface area (Å²) in [5, 5.41) is 5.01. The zero-order valence-electron chi connectivity index (χ0n) is 12.3. The second-order valence-corrected chi connectivity index (χ2v) is 5.21. The van der Waals surface area contributed by atoms with Gasteiger partial charge in [0.05, 0.1) is 23.5 Å². The lowest BCUT2D eigenvalue weighted by atomic mass is 10.2. The lowest BCUT2D eigenvalue weighted by Gasteiger charge is -2.12. The first-order chi connectivity index (χ1) is 10.1. The lowest BCUT2D eigenvalue weighted by Crippen LogP contribution is -2.07. The summed E-state index contributed by atoms with van der Waals surface area (Å²) in [5.41, 5.74) is 2.63. The highest BCUT2D eigenvalue weighted by molar-refractivity contribution is 6.31. The largest absolute Gasteiger partial charge is 0.493 e. The molecule has 0 saturated heterocycles. The molecule has 0 radical (unpaired) electrons. The molecule has 21 heavy (non-hydrogen) atoms. The third kappa shape index (κ3) is 3.44. The maximum atomic E-state index is 6.28. The van der Waals surface area contributed by atoms with Gasteiger partial charge < -0.3 is 9.47 Å². The molecule has 0 bridgehead atoms. The van der Waals surface area contributed by atoms with Crippen LogP contribution in [0.1, 0.15) is 23.9 Å². The molecule has 0 spiro atoms.